The summed E-state index contributed by atoms with van der Waals surface area (Å²) in [6, 6.07) is 0. The van der Waals surface area contributed by atoms with Gasteiger partial charge in [-0.05, 0) is 53.4 Å². The highest BCUT2D eigenvalue weighted by molar-refractivity contribution is 6.54. The zero-order valence-electron chi connectivity index (χ0n) is 14.6. The summed E-state index contributed by atoms with van der Waals surface area (Å²) in [6.45, 7) is 15.1. The molecule has 6 heteroatoms. The van der Waals surface area contributed by atoms with E-state index >= 15 is 0 Å². The van der Waals surface area contributed by atoms with E-state index in [1.807, 2.05) is 13.8 Å². The first-order valence-electron chi connectivity index (χ1n) is 7.95. The van der Waals surface area contributed by atoms with Gasteiger partial charge in [-0.25, -0.2) is 0 Å². The van der Waals surface area contributed by atoms with Gasteiger partial charge in [0.05, 0.1) is 11.2 Å². The molecule has 0 N–H and O–H groups in total. The summed E-state index contributed by atoms with van der Waals surface area (Å²) in [6.07, 6.45) is 3.09. The van der Waals surface area contributed by atoms with Gasteiger partial charge in [-0.3, -0.25) is 9.69 Å². The van der Waals surface area contributed by atoms with Gasteiger partial charge in [-0.1, -0.05) is 6.08 Å². The van der Waals surface area contributed by atoms with E-state index < -0.39 is 5.60 Å². The molecule has 2 aliphatic heterocycles. The number of carbonyl (C=O) groups is 1. The predicted octanol–water partition coefficient (Wildman–Crippen LogP) is 2.20. The lowest BCUT2D eigenvalue weighted by Crippen LogP contribution is -2.43. The lowest BCUT2D eigenvalue weighted by atomic mass is 9.74. The van der Waals surface area contributed by atoms with Crippen LogP contribution in [0.4, 0.5) is 0 Å². The normalized spacial score (nSPS) is 25.0. The van der Waals surface area contributed by atoms with Crippen LogP contribution in [0, 0.1) is 0 Å². The van der Waals surface area contributed by atoms with E-state index in [-0.39, 0.29) is 18.3 Å². The maximum Gasteiger partial charge on any atom is 0.490 e. The Kier molecular flexibility index (Phi) is 4.76. The van der Waals surface area contributed by atoms with E-state index in [9.17, 15) is 4.79 Å². The lowest BCUT2D eigenvalue weighted by molar-refractivity contribution is -0.141. The van der Waals surface area contributed by atoms with E-state index in [1.54, 1.807) is 0 Å². The van der Waals surface area contributed by atoms with Crippen LogP contribution in [0.25, 0.3) is 0 Å². The van der Waals surface area contributed by atoms with Crippen LogP contribution >= 0.6 is 0 Å². The maximum atomic E-state index is 10.5. The average Bonchev–Trinajstić information content (AvgIpc) is 2.58. The van der Waals surface area contributed by atoms with E-state index in [4.69, 9.17) is 14.0 Å². The molecule has 0 aliphatic carbocycles. The molecule has 1 fully saturated rings. The minimum absolute atomic E-state index is 0.244. The first-order chi connectivity index (χ1) is 10.1. The zero-order valence-corrected chi connectivity index (χ0v) is 14.6. The van der Waals surface area contributed by atoms with Crippen molar-refractivity contribution >= 4 is 13.6 Å². The van der Waals surface area contributed by atoms with E-state index in [2.05, 4.69) is 38.7 Å². The Balaban J connectivity index is 1.94. The molecule has 2 rings (SSSR count). The van der Waals surface area contributed by atoms with E-state index in [0.29, 0.717) is 6.47 Å². The number of carbonyl (C=O) groups excluding carboxylic acids is 1. The van der Waals surface area contributed by atoms with Gasteiger partial charge in [0.2, 0.25) is 0 Å². The van der Waals surface area contributed by atoms with Gasteiger partial charge >= 0.3 is 7.12 Å². The summed E-state index contributed by atoms with van der Waals surface area (Å²) in [5.41, 5.74) is 0.159. The molecule has 0 spiro atoms. The van der Waals surface area contributed by atoms with Crippen molar-refractivity contribution < 1.29 is 18.8 Å². The van der Waals surface area contributed by atoms with Crippen LogP contribution in [0.2, 0.25) is 0 Å². The Hall–Kier alpha value is -0.845. The topological polar surface area (TPSA) is 48.0 Å². The molecule has 0 aromatic heterocycles. The van der Waals surface area contributed by atoms with E-state index in [0.717, 1.165) is 26.1 Å². The van der Waals surface area contributed by atoms with Gasteiger partial charge < -0.3 is 14.0 Å². The number of ether oxygens (including phenoxy) is 1. The quantitative estimate of drug-likeness (QED) is 0.575. The van der Waals surface area contributed by atoms with Crippen molar-refractivity contribution in [2.75, 3.05) is 19.6 Å². The van der Waals surface area contributed by atoms with Crippen molar-refractivity contribution in [3.8, 4) is 0 Å². The SMILES string of the molecule is CC(C)(CN1CC=C(B2OC(C)(C)C(C)(C)O2)CC1)OC=O. The molecular weight excluding hydrogens is 281 g/mol. The fraction of sp³-hybridized carbons (Fsp3) is 0.812. The molecular formula is C16H28BNO4. The van der Waals surface area contributed by atoms with Crippen molar-refractivity contribution in [1.82, 2.24) is 4.90 Å². The number of hydrogen-bond acceptors (Lipinski definition) is 5. The highest BCUT2D eigenvalue weighted by Crippen LogP contribution is 2.39. The Morgan fingerprint density at radius 1 is 1.32 bits per heavy atom. The third kappa shape index (κ3) is 3.73. The number of rotatable bonds is 5. The van der Waals surface area contributed by atoms with Gasteiger partial charge in [0.15, 0.2) is 0 Å². The number of hydrogen-bond donors (Lipinski definition) is 0. The van der Waals surface area contributed by atoms with Gasteiger partial charge in [0, 0.05) is 19.6 Å². The Bertz CT molecular complexity index is 443. The highest BCUT2D eigenvalue weighted by Gasteiger charge is 2.52. The fourth-order valence-corrected chi connectivity index (χ4v) is 2.79. The van der Waals surface area contributed by atoms with Crippen molar-refractivity contribution in [1.29, 1.82) is 0 Å². The minimum Gasteiger partial charge on any atom is -0.461 e. The van der Waals surface area contributed by atoms with Crippen LogP contribution in [0.3, 0.4) is 0 Å². The second-order valence-corrected chi connectivity index (χ2v) is 7.83. The van der Waals surface area contributed by atoms with Crippen LogP contribution in [-0.4, -0.2) is 54.9 Å². The summed E-state index contributed by atoms with van der Waals surface area (Å²) < 4.78 is 17.3. The molecule has 124 valence electrons. The highest BCUT2D eigenvalue weighted by atomic mass is 16.7. The smallest absolute Gasteiger partial charge is 0.461 e. The van der Waals surface area contributed by atoms with Crippen LogP contribution in [-0.2, 0) is 18.8 Å². The summed E-state index contributed by atoms with van der Waals surface area (Å²) in [4.78, 5) is 12.8. The van der Waals surface area contributed by atoms with Crippen molar-refractivity contribution in [2.24, 2.45) is 0 Å². The third-order valence-corrected chi connectivity index (χ3v) is 4.86. The zero-order chi connectivity index (χ0) is 16.6. The molecule has 0 amide bonds. The standard InChI is InChI=1S/C16H28BNO4/c1-14(2,20-12-19)11-18-9-7-13(8-10-18)17-21-15(3,4)16(5,6)22-17/h7,12H,8-11H2,1-6H3. The van der Waals surface area contributed by atoms with Gasteiger partial charge in [-0.2, -0.15) is 0 Å². The van der Waals surface area contributed by atoms with E-state index in [1.165, 1.54) is 5.47 Å². The molecule has 1 saturated heterocycles. The molecule has 0 unspecified atom stereocenters. The van der Waals surface area contributed by atoms with Crippen molar-refractivity contribution in [3.05, 3.63) is 11.5 Å². The molecule has 0 atom stereocenters. The lowest BCUT2D eigenvalue weighted by Gasteiger charge is -2.33. The second kappa shape index (κ2) is 5.98. The fourth-order valence-electron chi connectivity index (χ4n) is 2.79. The first-order valence-corrected chi connectivity index (χ1v) is 7.95. The van der Waals surface area contributed by atoms with Gasteiger partial charge in [0.25, 0.3) is 6.47 Å². The van der Waals surface area contributed by atoms with Gasteiger partial charge in [-0.15, -0.1) is 0 Å². The molecule has 0 bridgehead atoms. The summed E-state index contributed by atoms with van der Waals surface area (Å²) in [7, 11) is -0.244. The monoisotopic (exact) mass is 309 g/mol. The first kappa shape index (κ1) is 17.5. The minimum atomic E-state index is -0.461. The van der Waals surface area contributed by atoms with Crippen LogP contribution in [0.1, 0.15) is 48.0 Å². The molecule has 2 aliphatic rings. The van der Waals surface area contributed by atoms with Crippen LogP contribution in [0.5, 0.6) is 0 Å². The Morgan fingerprint density at radius 2 is 1.91 bits per heavy atom. The van der Waals surface area contributed by atoms with Crippen LogP contribution < -0.4 is 0 Å². The Morgan fingerprint density at radius 3 is 2.36 bits per heavy atom. The number of nitrogens with zero attached hydrogens (tertiary/aromatic N) is 1. The molecule has 0 aromatic carbocycles. The summed E-state index contributed by atoms with van der Waals surface area (Å²) >= 11 is 0. The van der Waals surface area contributed by atoms with Crippen LogP contribution in [0.15, 0.2) is 11.5 Å². The molecule has 22 heavy (non-hydrogen) atoms. The van der Waals surface area contributed by atoms with Crippen molar-refractivity contribution in [3.63, 3.8) is 0 Å². The molecule has 0 saturated carbocycles. The molecule has 0 radical (unpaired) electrons. The predicted molar refractivity (Wildman–Crippen MR) is 86.5 cm³/mol. The molecule has 5 nitrogen and oxygen atoms in total. The third-order valence-electron chi connectivity index (χ3n) is 4.86. The van der Waals surface area contributed by atoms with Crippen molar-refractivity contribution in [2.45, 2.75) is 64.8 Å². The van der Waals surface area contributed by atoms with Gasteiger partial charge in [0.1, 0.15) is 5.60 Å². The molecule has 2 heterocycles. The molecule has 0 aromatic rings. The Labute approximate surface area is 134 Å². The summed E-state index contributed by atoms with van der Waals surface area (Å²) in [5, 5.41) is 0. The summed E-state index contributed by atoms with van der Waals surface area (Å²) in [5.74, 6) is 0. The maximum absolute atomic E-state index is 10.5. The largest absolute Gasteiger partial charge is 0.490 e. The average molecular weight is 309 g/mol. The second-order valence-electron chi connectivity index (χ2n) is 7.83.